The van der Waals surface area contributed by atoms with Crippen molar-refractivity contribution in [1.82, 2.24) is 9.55 Å². The molecule has 0 atom stereocenters. The summed E-state index contributed by atoms with van der Waals surface area (Å²) in [5.74, 6) is 1.20. The number of nitrogens with zero attached hydrogens (tertiary/aromatic N) is 2. The number of nitrogen functional groups attached to an aromatic ring is 1. The second-order valence-corrected chi connectivity index (χ2v) is 4.82. The van der Waals surface area contributed by atoms with Crippen molar-refractivity contribution < 1.29 is 4.39 Å². The number of halogens is 1. The third kappa shape index (κ3) is 1.98. The van der Waals surface area contributed by atoms with Crippen molar-refractivity contribution in [1.29, 1.82) is 0 Å². The molecular weight excluding hydrogens is 229 g/mol. The van der Waals surface area contributed by atoms with Gasteiger partial charge in [-0.05, 0) is 39.3 Å². The fraction of sp³-hybridized carbons (Fsp3) is 0.357. The summed E-state index contributed by atoms with van der Waals surface area (Å²) in [6, 6.07) is 5.31. The molecule has 1 aromatic heterocycles. The van der Waals surface area contributed by atoms with E-state index in [4.69, 9.17) is 5.73 Å². The Labute approximate surface area is 106 Å². The molecule has 0 aliphatic heterocycles. The topological polar surface area (TPSA) is 43.8 Å². The minimum Gasteiger partial charge on any atom is -0.383 e. The first-order valence-corrected chi connectivity index (χ1v) is 6.02. The molecule has 0 radical (unpaired) electrons. The minimum absolute atomic E-state index is 0.233. The molecule has 96 valence electrons. The molecule has 18 heavy (non-hydrogen) atoms. The average Bonchev–Trinajstić information content (AvgIpc) is 2.58. The lowest BCUT2D eigenvalue weighted by molar-refractivity contribution is 0.590. The molecule has 0 unspecified atom stereocenters. The van der Waals surface area contributed by atoms with Crippen LogP contribution in [0.5, 0.6) is 0 Å². The van der Waals surface area contributed by atoms with Crippen LogP contribution in [0.1, 0.15) is 31.3 Å². The highest BCUT2D eigenvalue weighted by atomic mass is 19.1. The summed E-state index contributed by atoms with van der Waals surface area (Å²) in [5, 5.41) is 0. The number of aromatic nitrogens is 2. The Morgan fingerprint density at radius 3 is 2.44 bits per heavy atom. The van der Waals surface area contributed by atoms with Crippen molar-refractivity contribution in [2.24, 2.45) is 0 Å². The van der Waals surface area contributed by atoms with Gasteiger partial charge in [0.05, 0.1) is 0 Å². The first kappa shape index (κ1) is 12.6. The second kappa shape index (κ2) is 4.44. The SMILES string of the molecule is Cc1ccc(-c2nc(C)n(C(C)C)c2N)cc1F. The number of nitrogens with two attached hydrogens (primary N) is 1. The van der Waals surface area contributed by atoms with Gasteiger partial charge in [-0.15, -0.1) is 0 Å². The molecule has 4 heteroatoms. The monoisotopic (exact) mass is 247 g/mol. The van der Waals surface area contributed by atoms with E-state index < -0.39 is 0 Å². The van der Waals surface area contributed by atoms with E-state index in [1.54, 1.807) is 13.0 Å². The molecular formula is C14H18FN3. The lowest BCUT2D eigenvalue weighted by atomic mass is 10.1. The summed E-state index contributed by atoms with van der Waals surface area (Å²) in [6.45, 7) is 7.74. The van der Waals surface area contributed by atoms with Crippen LogP contribution in [-0.2, 0) is 0 Å². The summed E-state index contributed by atoms with van der Waals surface area (Å²) in [6.07, 6.45) is 0. The van der Waals surface area contributed by atoms with Crippen molar-refractivity contribution in [3.05, 3.63) is 35.4 Å². The zero-order chi connectivity index (χ0) is 13.4. The van der Waals surface area contributed by atoms with Crippen molar-refractivity contribution in [2.75, 3.05) is 5.73 Å². The maximum absolute atomic E-state index is 13.6. The quantitative estimate of drug-likeness (QED) is 0.883. The second-order valence-electron chi connectivity index (χ2n) is 4.82. The summed E-state index contributed by atoms with van der Waals surface area (Å²) in [5.41, 5.74) is 8.10. The molecule has 0 amide bonds. The number of aryl methyl sites for hydroxylation is 2. The highest BCUT2D eigenvalue weighted by molar-refractivity contribution is 5.71. The van der Waals surface area contributed by atoms with Crippen molar-refractivity contribution in [3.63, 3.8) is 0 Å². The van der Waals surface area contributed by atoms with Gasteiger partial charge in [0, 0.05) is 11.6 Å². The zero-order valence-electron chi connectivity index (χ0n) is 11.2. The Hall–Kier alpha value is -1.84. The summed E-state index contributed by atoms with van der Waals surface area (Å²) in [4.78, 5) is 4.44. The highest BCUT2D eigenvalue weighted by Gasteiger charge is 2.16. The minimum atomic E-state index is -0.233. The normalized spacial score (nSPS) is 11.2. The standard InChI is InChI=1S/C14H18FN3/c1-8(2)18-10(4)17-13(14(18)16)11-6-5-9(3)12(15)7-11/h5-8H,16H2,1-4H3. The molecule has 0 aliphatic rings. The molecule has 2 rings (SSSR count). The molecule has 0 aliphatic carbocycles. The van der Waals surface area contributed by atoms with E-state index in [9.17, 15) is 4.39 Å². The summed E-state index contributed by atoms with van der Waals surface area (Å²) in [7, 11) is 0. The maximum Gasteiger partial charge on any atom is 0.131 e. The predicted octanol–water partition coefficient (Wildman–Crippen LogP) is 3.47. The van der Waals surface area contributed by atoms with Gasteiger partial charge in [-0.2, -0.15) is 0 Å². The maximum atomic E-state index is 13.6. The Morgan fingerprint density at radius 2 is 1.94 bits per heavy atom. The van der Waals surface area contributed by atoms with Gasteiger partial charge in [-0.3, -0.25) is 0 Å². The van der Waals surface area contributed by atoms with Crippen LogP contribution in [0, 0.1) is 19.7 Å². The van der Waals surface area contributed by atoms with Crippen molar-refractivity contribution in [3.8, 4) is 11.3 Å². The fourth-order valence-corrected chi connectivity index (χ4v) is 2.17. The van der Waals surface area contributed by atoms with Gasteiger partial charge >= 0.3 is 0 Å². The van der Waals surface area contributed by atoms with Gasteiger partial charge in [-0.25, -0.2) is 9.37 Å². The first-order chi connectivity index (χ1) is 8.41. The molecule has 3 nitrogen and oxygen atoms in total. The predicted molar refractivity (Wildman–Crippen MR) is 71.9 cm³/mol. The first-order valence-electron chi connectivity index (χ1n) is 6.02. The van der Waals surface area contributed by atoms with Crippen LogP contribution < -0.4 is 5.73 Å². The van der Waals surface area contributed by atoms with Crippen LogP contribution in [-0.4, -0.2) is 9.55 Å². The van der Waals surface area contributed by atoms with Crippen molar-refractivity contribution >= 4 is 5.82 Å². The smallest absolute Gasteiger partial charge is 0.131 e. The van der Waals surface area contributed by atoms with E-state index in [1.807, 2.05) is 31.4 Å². The zero-order valence-corrected chi connectivity index (χ0v) is 11.2. The van der Waals surface area contributed by atoms with E-state index >= 15 is 0 Å². The summed E-state index contributed by atoms with van der Waals surface area (Å²) < 4.78 is 15.5. The average molecular weight is 247 g/mol. The van der Waals surface area contributed by atoms with Gasteiger partial charge in [0.1, 0.15) is 23.2 Å². The van der Waals surface area contributed by atoms with Gasteiger partial charge in [0.15, 0.2) is 0 Å². The van der Waals surface area contributed by atoms with Gasteiger partial charge in [0.25, 0.3) is 0 Å². The third-order valence-electron chi connectivity index (χ3n) is 3.09. The number of rotatable bonds is 2. The van der Waals surface area contributed by atoms with Gasteiger partial charge in [-0.1, -0.05) is 12.1 Å². The highest BCUT2D eigenvalue weighted by Crippen LogP contribution is 2.29. The van der Waals surface area contributed by atoms with Crippen LogP contribution in [0.2, 0.25) is 0 Å². The molecule has 1 aromatic carbocycles. The molecule has 0 fully saturated rings. The Kier molecular flexibility index (Phi) is 3.11. The number of anilines is 1. The van der Waals surface area contributed by atoms with E-state index in [-0.39, 0.29) is 11.9 Å². The lowest BCUT2D eigenvalue weighted by Crippen LogP contribution is -2.07. The Balaban J connectivity index is 2.58. The van der Waals surface area contributed by atoms with E-state index in [2.05, 4.69) is 4.98 Å². The summed E-state index contributed by atoms with van der Waals surface area (Å²) >= 11 is 0. The number of hydrogen-bond donors (Lipinski definition) is 1. The molecule has 0 saturated heterocycles. The van der Waals surface area contributed by atoms with E-state index in [1.165, 1.54) is 6.07 Å². The molecule has 2 aromatic rings. The van der Waals surface area contributed by atoms with Crippen LogP contribution in [0.25, 0.3) is 11.3 Å². The van der Waals surface area contributed by atoms with Gasteiger partial charge < -0.3 is 10.3 Å². The molecule has 0 bridgehead atoms. The van der Waals surface area contributed by atoms with Crippen LogP contribution in [0.3, 0.4) is 0 Å². The largest absolute Gasteiger partial charge is 0.383 e. The molecule has 0 saturated carbocycles. The van der Waals surface area contributed by atoms with Crippen LogP contribution >= 0.6 is 0 Å². The number of hydrogen-bond acceptors (Lipinski definition) is 2. The Morgan fingerprint density at radius 1 is 1.28 bits per heavy atom. The lowest BCUT2D eigenvalue weighted by Gasteiger charge is -2.11. The van der Waals surface area contributed by atoms with Crippen molar-refractivity contribution in [2.45, 2.75) is 33.7 Å². The van der Waals surface area contributed by atoms with Crippen LogP contribution in [0.15, 0.2) is 18.2 Å². The van der Waals surface area contributed by atoms with E-state index in [0.29, 0.717) is 17.1 Å². The Bertz CT molecular complexity index is 585. The molecule has 0 spiro atoms. The van der Waals surface area contributed by atoms with Gasteiger partial charge in [0.2, 0.25) is 0 Å². The fourth-order valence-electron chi connectivity index (χ4n) is 2.17. The number of imidazole rings is 1. The molecule has 1 heterocycles. The molecule has 2 N–H and O–H groups in total. The van der Waals surface area contributed by atoms with Crippen LogP contribution in [0.4, 0.5) is 10.2 Å². The third-order valence-corrected chi connectivity index (χ3v) is 3.09. The number of benzene rings is 1. The van der Waals surface area contributed by atoms with E-state index in [0.717, 1.165) is 11.4 Å².